The molecule has 22 heavy (non-hydrogen) atoms. The maximum Gasteiger partial charge on any atom is 0.271 e. The molecule has 0 aromatic heterocycles. The van der Waals surface area contributed by atoms with Crippen molar-refractivity contribution in [3.63, 3.8) is 0 Å². The smallest absolute Gasteiger partial charge is 0.267 e. The molecule has 112 valence electrons. The lowest BCUT2D eigenvalue weighted by Gasteiger charge is -2.03. The number of nitrogens with zero attached hydrogens (tertiary/aromatic N) is 1. The normalized spacial score (nSPS) is 11.7. The van der Waals surface area contributed by atoms with Crippen LogP contribution < -0.4 is 5.43 Å². The summed E-state index contributed by atoms with van der Waals surface area (Å²) in [5.41, 5.74) is 7.50. The highest BCUT2D eigenvalue weighted by Gasteiger charge is 2.04. The van der Waals surface area contributed by atoms with Crippen molar-refractivity contribution < 1.29 is 4.79 Å². The fourth-order valence-corrected chi connectivity index (χ4v) is 1.99. The SMILES string of the molecule is C/C(C=NNC(=O)c1ccc(C)c(C)c1)=C/c1ccccc1. The van der Waals surface area contributed by atoms with Crippen LogP contribution in [0, 0.1) is 13.8 Å². The molecule has 3 nitrogen and oxygen atoms in total. The maximum atomic E-state index is 12.0. The van der Waals surface area contributed by atoms with Gasteiger partial charge in [0.1, 0.15) is 0 Å². The predicted octanol–water partition coefficient (Wildman–Crippen LogP) is 4.12. The third kappa shape index (κ3) is 4.42. The number of amides is 1. The number of rotatable bonds is 4. The molecule has 0 fully saturated rings. The van der Waals surface area contributed by atoms with E-state index in [-0.39, 0.29) is 5.91 Å². The van der Waals surface area contributed by atoms with Gasteiger partial charge in [-0.3, -0.25) is 4.79 Å². The van der Waals surface area contributed by atoms with E-state index in [0.29, 0.717) is 5.56 Å². The molecule has 0 aliphatic heterocycles. The Balaban J connectivity index is 1.98. The number of carbonyl (C=O) groups excluding carboxylic acids is 1. The second-order valence-corrected chi connectivity index (χ2v) is 5.30. The number of nitrogens with one attached hydrogen (secondary N) is 1. The van der Waals surface area contributed by atoms with Gasteiger partial charge >= 0.3 is 0 Å². The molecule has 0 bridgehead atoms. The van der Waals surface area contributed by atoms with Gasteiger partial charge in [0, 0.05) is 5.56 Å². The molecule has 0 aliphatic carbocycles. The Morgan fingerprint density at radius 3 is 2.45 bits per heavy atom. The van der Waals surface area contributed by atoms with Crippen molar-refractivity contribution in [1.82, 2.24) is 5.43 Å². The summed E-state index contributed by atoms with van der Waals surface area (Å²) in [7, 11) is 0. The Hall–Kier alpha value is -2.68. The number of hydrazone groups is 1. The van der Waals surface area contributed by atoms with Gasteiger partial charge in [-0.05, 0) is 55.2 Å². The van der Waals surface area contributed by atoms with E-state index in [1.165, 1.54) is 5.56 Å². The molecule has 0 saturated heterocycles. The van der Waals surface area contributed by atoms with Gasteiger partial charge in [0.2, 0.25) is 0 Å². The summed E-state index contributed by atoms with van der Waals surface area (Å²) in [6, 6.07) is 15.6. The zero-order chi connectivity index (χ0) is 15.9. The Kier molecular flexibility index (Phi) is 5.26. The first kappa shape index (κ1) is 15.7. The molecule has 1 amide bonds. The number of benzene rings is 2. The van der Waals surface area contributed by atoms with Gasteiger partial charge in [-0.15, -0.1) is 0 Å². The quantitative estimate of drug-likeness (QED) is 0.668. The van der Waals surface area contributed by atoms with E-state index in [4.69, 9.17) is 0 Å². The predicted molar refractivity (Wildman–Crippen MR) is 92.0 cm³/mol. The van der Waals surface area contributed by atoms with Gasteiger partial charge in [0.15, 0.2) is 0 Å². The molecule has 0 atom stereocenters. The molecule has 0 spiro atoms. The van der Waals surface area contributed by atoms with Gasteiger partial charge in [-0.25, -0.2) is 5.43 Å². The van der Waals surface area contributed by atoms with Crippen molar-refractivity contribution in [2.45, 2.75) is 20.8 Å². The van der Waals surface area contributed by atoms with E-state index in [9.17, 15) is 4.79 Å². The largest absolute Gasteiger partial charge is 0.271 e. The molecule has 0 radical (unpaired) electrons. The molecule has 2 rings (SSSR count). The van der Waals surface area contributed by atoms with E-state index < -0.39 is 0 Å². The van der Waals surface area contributed by atoms with Gasteiger partial charge in [0.05, 0.1) is 6.21 Å². The average Bonchev–Trinajstić information content (AvgIpc) is 2.51. The van der Waals surface area contributed by atoms with Crippen LogP contribution in [-0.4, -0.2) is 12.1 Å². The van der Waals surface area contributed by atoms with Crippen molar-refractivity contribution >= 4 is 18.2 Å². The third-order valence-electron chi connectivity index (χ3n) is 3.40. The minimum Gasteiger partial charge on any atom is -0.267 e. The Morgan fingerprint density at radius 1 is 1.05 bits per heavy atom. The fraction of sp³-hybridized carbons (Fsp3) is 0.158. The molecule has 0 heterocycles. The third-order valence-corrected chi connectivity index (χ3v) is 3.40. The summed E-state index contributed by atoms with van der Waals surface area (Å²) in [4.78, 5) is 12.0. The summed E-state index contributed by atoms with van der Waals surface area (Å²) < 4.78 is 0. The van der Waals surface area contributed by atoms with Crippen LogP contribution in [0.4, 0.5) is 0 Å². The van der Waals surface area contributed by atoms with Crippen molar-refractivity contribution in [3.8, 4) is 0 Å². The first-order valence-electron chi connectivity index (χ1n) is 7.20. The number of allylic oxidation sites excluding steroid dienone is 1. The highest BCUT2D eigenvalue weighted by molar-refractivity contribution is 5.95. The van der Waals surface area contributed by atoms with Gasteiger partial charge < -0.3 is 0 Å². The highest BCUT2D eigenvalue weighted by atomic mass is 16.2. The monoisotopic (exact) mass is 292 g/mol. The minimum absolute atomic E-state index is 0.202. The molecular weight excluding hydrogens is 272 g/mol. The standard InChI is InChI=1S/C19H20N2O/c1-14(11-17-7-5-4-6-8-17)13-20-21-19(22)18-10-9-15(2)16(3)12-18/h4-13H,1-3H3,(H,21,22)/b14-11-,20-13?. The second kappa shape index (κ2) is 7.36. The Morgan fingerprint density at radius 2 is 1.77 bits per heavy atom. The molecule has 0 unspecified atom stereocenters. The lowest BCUT2D eigenvalue weighted by atomic mass is 10.1. The van der Waals surface area contributed by atoms with Crippen molar-refractivity contribution in [1.29, 1.82) is 0 Å². The minimum atomic E-state index is -0.202. The Labute approximate surface area is 131 Å². The number of carbonyl (C=O) groups is 1. The highest BCUT2D eigenvalue weighted by Crippen LogP contribution is 2.09. The van der Waals surface area contributed by atoms with E-state index >= 15 is 0 Å². The number of hydrogen-bond donors (Lipinski definition) is 1. The second-order valence-electron chi connectivity index (χ2n) is 5.30. The van der Waals surface area contributed by atoms with Crippen LogP contribution in [0.2, 0.25) is 0 Å². The van der Waals surface area contributed by atoms with Crippen LogP contribution >= 0.6 is 0 Å². The average molecular weight is 292 g/mol. The van der Waals surface area contributed by atoms with Crippen LogP contribution in [-0.2, 0) is 0 Å². The summed E-state index contributed by atoms with van der Waals surface area (Å²) in [5, 5.41) is 4.00. The van der Waals surface area contributed by atoms with Gasteiger partial charge in [0.25, 0.3) is 5.91 Å². The van der Waals surface area contributed by atoms with E-state index in [1.54, 1.807) is 12.3 Å². The molecule has 2 aromatic carbocycles. The van der Waals surface area contributed by atoms with E-state index in [0.717, 1.165) is 16.7 Å². The first-order valence-corrected chi connectivity index (χ1v) is 7.20. The fourth-order valence-electron chi connectivity index (χ4n) is 1.99. The Bertz CT molecular complexity index is 715. The van der Waals surface area contributed by atoms with Crippen molar-refractivity contribution in [2.75, 3.05) is 0 Å². The van der Waals surface area contributed by atoms with Crippen LogP contribution in [0.25, 0.3) is 6.08 Å². The molecular formula is C19H20N2O. The van der Waals surface area contributed by atoms with Gasteiger partial charge in [-0.2, -0.15) is 5.10 Å². The maximum absolute atomic E-state index is 12.0. The molecule has 2 aromatic rings. The van der Waals surface area contributed by atoms with E-state index in [1.807, 2.05) is 69.3 Å². The van der Waals surface area contributed by atoms with Crippen LogP contribution in [0.1, 0.15) is 34.0 Å². The lowest BCUT2D eigenvalue weighted by molar-refractivity contribution is 0.0955. The van der Waals surface area contributed by atoms with Crippen molar-refractivity contribution in [2.24, 2.45) is 5.10 Å². The van der Waals surface area contributed by atoms with Crippen LogP contribution in [0.15, 0.2) is 59.2 Å². The molecule has 0 aliphatic rings. The van der Waals surface area contributed by atoms with Crippen molar-refractivity contribution in [3.05, 3.63) is 76.4 Å². The lowest BCUT2D eigenvalue weighted by Crippen LogP contribution is -2.17. The topological polar surface area (TPSA) is 41.5 Å². The van der Waals surface area contributed by atoms with Crippen LogP contribution in [0.5, 0.6) is 0 Å². The first-order chi connectivity index (χ1) is 10.6. The number of hydrogen-bond acceptors (Lipinski definition) is 2. The summed E-state index contributed by atoms with van der Waals surface area (Å²) in [6.45, 7) is 5.95. The zero-order valence-corrected chi connectivity index (χ0v) is 13.1. The van der Waals surface area contributed by atoms with Crippen LogP contribution in [0.3, 0.4) is 0 Å². The summed E-state index contributed by atoms with van der Waals surface area (Å²) >= 11 is 0. The summed E-state index contributed by atoms with van der Waals surface area (Å²) in [5.74, 6) is -0.202. The summed E-state index contributed by atoms with van der Waals surface area (Å²) in [6.07, 6.45) is 3.65. The van der Waals surface area contributed by atoms with E-state index in [2.05, 4.69) is 10.5 Å². The molecule has 1 N–H and O–H groups in total. The zero-order valence-electron chi connectivity index (χ0n) is 13.1. The molecule has 0 saturated carbocycles. The number of aryl methyl sites for hydroxylation is 2. The van der Waals surface area contributed by atoms with Gasteiger partial charge in [-0.1, -0.05) is 42.5 Å². The molecule has 3 heteroatoms.